The van der Waals surface area contributed by atoms with E-state index < -0.39 is 0 Å². The van der Waals surface area contributed by atoms with E-state index in [0.717, 1.165) is 41.4 Å². The summed E-state index contributed by atoms with van der Waals surface area (Å²) in [6, 6.07) is 0. The molecule has 1 aromatic heterocycles. The van der Waals surface area contributed by atoms with Crippen LogP contribution in [0.2, 0.25) is 0 Å². The molecule has 0 spiro atoms. The van der Waals surface area contributed by atoms with E-state index in [-0.39, 0.29) is 5.56 Å². The number of aryl methyl sites for hydroxylation is 1. The fourth-order valence-electron chi connectivity index (χ4n) is 1.63. The average Bonchev–Trinajstić information content (AvgIpc) is 2.63. The lowest BCUT2D eigenvalue weighted by Gasteiger charge is -2.01. The number of fused-ring (bicyclic) bond motifs is 1. The summed E-state index contributed by atoms with van der Waals surface area (Å²) in [7, 11) is 0. The van der Waals surface area contributed by atoms with Crippen molar-refractivity contribution in [1.29, 1.82) is 0 Å². The van der Waals surface area contributed by atoms with Crippen molar-refractivity contribution in [2.45, 2.75) is 24.4 Å². The van der Waals surface area contributed by atoms with E-state index in [0.29, 0.717) is 0 Å². The molecule has 0 saturated carbocycles. The molecule has 0 atom stereocenters. The molecule has 1 aromatic rings. The average molecular weight is 208 g/mol. The molecule has 3 nitrogen and oxygen atoms in total. The summed E-state index contributed by atoms with van der Waals surface area (Å²) in [5.74, 6) is 0.779. The topological polar surface area (TPSA) is 45.8 Å². The van der Waals surface area contributed by atoms with Crippen molar-refractivity contribution in [3.05, 3.63) is 34.3 Å². The molecule has 1 aliphatic carbocycles. The van der Waals surface area contributed by atoms with Gasteiger partial charge in [-0.15, -0.1) is 6.58 Å². The molecule has 1 aliphatic rings. The molecule has 0 radical (unpaired) electrons. The van der Waals surface area contributed by atoms with Crippen molar-refractivity contribution >= 4 is 11.8 Å². The zero-order chi connectivity index (χ0) is 9.97. The summed E-state index contributed by atoms with van der Waals surface area (Å²) in [6.07, 6.45) is 4.68. The third-order valence-corrected chi connectivity index (χ3v) is 3.13. The van der Waals surface area contributed by atoms with Gasteiger partial charge >= 0.3 is 0 Å². The van der Waals surface area contributed by atoms with E-state index in [1.54, 1.807) is 6.08 Å². The Morgan fingerprint density at radius 3 is 3.21 bits per heavy atom. The Hall–Kier alpha value is -1.03. The fourth-order valence-corrected chi connectivity index (χ4v) is 2.24. The van der Waals surface area contributed by atoms with Crippen molar-refractivity contribution in [2.24, 2.45) is 0 Å². The van der Waals surface area contributed by atoms with Gasteiger partial charge in [-0.2, -0.15) is 0 Å². The molecule has 1 heterocycles. The molecule has 0 aliphatic heterocycles. The third kappa shape index (κ3) is 1.75. The van der Waals surface area contributed by atoms with Gasteiger partial charge in [0.2, 0.25) is 0 Å². The Kier molecular flexibility index (Phi) is 2.72. The molecule has 0 saturated heterocycles. The van der Waals surface area contributed by atoms with Crippen LogP contribution in [-0.2, 0) is 12.8 Å². The van der Waals surface area contributed by atoms with Crippen LogP contribution in [0.5, 0.6) is 0 Å². The molecular weight excluding hydrogens is 196 g/mol. The van der Waals surface area contributed by atoms with Gasteiger partial charge in [0.15, 0.2) is 5.16 Å². The van der Waals surface area contributed by atoms with E-state index >= 15 is 0 Å². The minimum atomic E-state index is 0.0408. The standard InChI is InChI=1S/C10H12N2OS/c1-2-6-14-10-11-8-5-3-4-7(8)9(13)12-10/h2H,1,3-6H2,(H,11,12,13). The maximum Gasteiger partial charge on any atom is 0.254 e. The first-order valence-electron chi connectivity index (χ1n) is 4.67. The van der Waals surface area contributed by atoms with Gasteiger partial charge in [0.1, 0.15) is 0 Å². The van der Waals surface area contributed by atoms with Crippen LogP contribution in [0.15, 0.2) is 22.6 Å². The van der Waals surface area contributed by atoms with Gasteiger partial charge in [-0.3, -0.25) is 4.79 Å². The number of rotatable bonds is 3. The first-order valence-corrected chi connectivity index (χ1v) is 5.65. The van der Waals surface area contributed by atoms with Gasteiger partial charge in [-0.1, -0.05) is 17.8 Å². The Balaban J connectivity index is 2.32. The minimum absolute atomic E-state index is 0.0408. The van der Waals surface area contributed by atoms with Crippen LogP contribution in [0, 0.1) is 0 Å². The molecule has 14 heavy (non-hydrogen) atoms. The van der Waals surface area contributed by atoms with Crippen molar-refractivity contribution in [3.8, 4) is 0 Å². The Bertz CT molecular complexity index is 411. The predicted molar refractivity (Wildman–Crippen MR) is 57.8 cm³/mol. The lowest BCUT2D eigenvalue weighted by atomic mass is 10.3. The normalized spacial score (nSPS) is 14.0. The van der Waals surface area contributed by atoms with Crippen LogP contribution < -0.4 is 5.56 Å². The lowest BCUT2D eigenvalue weighted by molar-refractivity contribution is 0.870. The van der Waals surface area contributed by atoms with Crippen molar-refractivity contribution in [1.82, 2.24) is 9.97 Å². The van der Waals surface area contributed by atoms with Crippen molar-refractivity contribution < 1.29 is 0 Å². The zero-order valence-corrected chi connectivity index (χ0v) is 8.69. The number of hydrogen-bond acceptors (Lipinski definition) is 3. The van der Waals surface area contributed by atoms with Crippen molar-refractivity contribution in [3.63, 3.8) is 0 Å². The second-order valence-electron chi connectivity index (χ2n) is 3.25. The monoisotopic (exact) mass is 208 g/mol. The highest BCUT2D eigenvalue weighted by Gasteiger charge is 2.16. The second-order valence-corrected chi connectivity index (χ2v) is 4.26. The Morgan fingerprint density at radius 1 is 1.57 bits per heavy atom. The highest BCUT2D eigenvalue weighted by Crippen LogP contribution is 2.19. The number of nitrogens with zero attached hydrogens (tertiary/aromatic N) is 1. The Labute approximate surface area is 86.6 Å². The van der Waals surface area contributed by atoms with Gasteiger partial charge in [0.05, 0.1) is 5.69 Å². The van der Waals surface area contributed by atoms with Crippen LogP contribution in [0.4, 0.5) is 0 Å². The van der Waals surface area contributed by atoms with E-state index in [1.165, 1.54) is 11.8 Å². The van der Waals surface area contributed by atoms with E-state index in [2.05, 4.69) is 16.5 Å². The van der Waals surface area contributed by atoms with Gasteiger partial charge in [-0.25, -0.2) is 4.98 Å². The maximum absolute atomic E-state index is 11.6. The smallest absolute Gasteiger partial charge is 0.254 e. The van der Waals surface area contributed by atoms with Crippen LogP contribution in [-0.4, -0.2) is 15.7 Å². The highest BCUT2D eigenvalue weighted by atomic mass is 32.2. The fraction of sp³-hybridized carbons (Fsp3) is 0.400. The number of aromatic amines is 1. The largest absolute Gasteiger partial charge is 0.301 e. The van der Waals surface area contributed by atoms with E-state index in [9.17, 15) is 4.79 Å². The number of H-pyrrole nitrogens is 1. The molecular formula is C10H12N2OS. The van der Waals surface area contributed by atoms with Gasteiger partial charge in [0.25, 0.3) is 5.56 Å². The SMILES string of the molecule is C=CCSc1nc2c(c(=O)[nH]1)CCC2. The van der Waals surface area contributed by atoms with Gasteiger partial charge in [-0.05, 0) is 19.3 Å². The summed E-state index contributed by atoms with van der Waals surface area (Å²) in [5, 5.41) is 0.718. The quantitative estimate of drug-likeness (QED) is 0.465. The van der Waals surface area contributed by atoms with Gasteiger partial charge in [0, 0.05) is 11.3 Å². The highest BCUT2D eigenvalue weighted by molar-refractivity contribution is 7.99. The van der Waals surface area contributed by atoms with E-state index in [1.807, 2.05) is 0 Å². The molecule has 74 valence electrons. The van der Waals surface area contributed by atoms with Gasteiger partial charge < -0.3 is 4.98 Å². The molecule has 0 fully saturated rings. The first kappa shape index (κ1) is 9.52. The van der Waals surface area contributed by atoms with Crippen LogP contribution in [0.25, 0.3) is 0 Å². The second kappa shape index (κ2) is 4.00. The molecule has 0 amide bonds. The summed E-state index contributed by atoms with van der Waals surface area (Å²) < 4.78 is 0. The summed E-state index contributed by atoms with van der Waals surface area (Å²) in [4.78, 5) is 18.8. The number of hydrogen-bond donors (Lipinski definition) is 1. The third-order valence-electron chi connectivity index (χ3n) is 2.26. The minimum Gasteiger partial charge on any atom is -0.301 e. The molecule has 0 aromatic carbocycles. The summed E-state index contributed by atoms with van der Waals surface area (Å²) >= 11 is 1.52. The summed E-state index contributed by atoms with van der Waals surface area (Å²) in [6.45, 7) is 3.63. The number of aromatic nitrogens is 2. The molecule has 0 bridgehead atoms. The zero-order valence-electron chi connectivity index (χ0n) is 7.88. The van der Waals surface area contributed by atoms with Crippen LogP contribution in [0.3, 0.4) is 0 Å². The lowest BCUT2D eigenvalue weighted by Crippen LogP contribution is -2.14. The Morgan fingerprint density at radius 2 is 2.43 bits per heavy atom. The molecule has 1 N–H and O–H groups in total. The van der Waals surface area contributed by atoms with Crippen LogP contribution in [0.1, 0.15) is 17.7 Å². The first-order chi connectivity index (χ1) is 6.81. The predicted octanol–water partition coefficient (Wildman–Crippen LogP) is 1.54. The molecule has 2 rings (SSSR count). The van der Waals surface area contributed by atoms with Crippen molar-refractivity contribution in [2.75, 3.05) is 5.75 Å². The maximum atomic E-state index is 11.6. The van der Waals surface area contributed by atoms with Crippen LogP contribution >= 0.6 is 11.8 Å². The summed E-state index contributed by atoms with van der Waals surface area (Å²) in [5.41, 5.74) is 1.91. The molecule has 0 unspecified atom stereocenters. The number of nitrogens with one attached hydrogen (secondary N) is 1. The number of thioether (sulfide) groups is 1. The van der Waals surface area contributed by atoms with E-state index in [4.69, 9.17) is 0 Å². The molecule has 4 heteroatoms.